The lowest BCUT2D eigenvalue weighted by molar-refractivity contribution is -0.152. The van der Waals surface area contributed by atoms with Crippen molar-refractivity contribution in [2.75, 3.05) is 43.2 Å². The molecule has 0 radical (unpaired) electrons. The van der Waals surface area contributed by atoms with Crippen LogP contribution in [0.3, 0.4) is 0 Å². The number of carbonyl (C=O) groups is 5. The zero-order valence-electron chi connectivity index (χ0n) is 22.2. The van der Waals surface area contributed by atoms with Gasteiger partial charge in [0.15, 0.2) is 16.0 Å². The molecule has 2 atom stereocenters. The van der Waals surface area contributed by atoms with Gasteiger partial charge in [-0.2, -0.15) is 8.42 Å². The summed E-state index contributed by atoms with van der Waals surface area (Å²) in [5.41, 5.74) is -1.17. The number of nitrogens with one attached hydrogen (secondary N) is 3. The molecule has 2 aromatic heterocycles. The minimum absolute atomic E-state index is 0.00320. The summed E-state index contributed by atoms with van der Waals surface area (Å²) >= 11 is 12.7. The van der Waals surface area contributed by atoms with Crippen molar-refractivity contribution in [3.63, 3.8) is 0 Å². The summed E-state index contributed by atoms with van der Waals surface area (Å²) in [6, 6.07) is -3.27. The van der Waals surface area contributed by atoms with Gasteiger partial charge in [0.1, 0.15) is 56.1 Å². The maximum Gasteiger partial charge on any atom is 0.362 e. The van der Waals surface area contributed by atoms with E-state index >= 15 is 0 Å². The molecule has 3 heterocycles. The highest BCUT2D eigenvalue weighted by Crippen LogP contribution is 2.25. The van der Waals surface area contributed by atoms with Crippen LogP contribution in [0.5, 0.6) is 0 Å². The predicted molar refractivity (Wildman–Crippen MR) is 155 cm³/mol. The Kier molecular flexibility index (Phi) is 11.9. The third-order valence-corrected chi connectivity index (χ3v) is 8.04. The van der Waals surface area contributed by atoms with Crippen LogP contribution in [-0.2, 0) is 48.7 Å². The fraction of sp³-hybridized carbons (Fsp3) is 0.350. The monoisotopic (exact) mass is 714 g/mol. The van der Waals surface area contributed by atoms with Crippen LogP contribution in [-0.4, -0.2) is 113 Å². The minimum Gasteiger partial charge on any atom is -0.458 e. The molecule has 0 bridgehead atoms. The van der Waals surface area contributed by atoms with Gasteiger partial charge in [0.2, 0.25) is 17.5 Å². The van der Waals surface area contributed by atoms with E-state index in [1.165, 1.54) is 10.8 Å². The highest BCUT2D eigenvalue weighted by molar-refractivity contribution is 7.84. The van der Waals surface area contributed by atoms with Gasteiger partial charge in [-0.05, 0) is 0 Å². The number of hydrogen-bond acceptors (Lipinski definition) is 16. The van der Waals surface area contributed by atoms with Crippen LogP contribution in [0.25, 0.3) is 0 Å². The van der Waals surface area contributed by atoms with Crippen molar-refractivity contribution in [3.8, 4) is 0 Å². The predicted octanol–water partition coefficient (Wildman–Crippen LogP) is -0.603. The van der Waals surface area contributed by atoms with Gasteiger partial charge in [-0.1, -0.05) is 10.3 Å². The second-order valence-electron chi connectivity index (χ2n) is 7.91. The first-order chi connectivity index (χ1) is 20.8. The number of esters is 1. The zero-order valence-corrected chi connectivity index (χ0v) is 26.1. The maximum absolute atomic E-state index is 13.1. The Morgan fingerprint density at radius 1 is 0.977 bits per heavy atom. The van der Waals surface area contributed by atoms with Gasteiger partial charge in [0.05, 0.1) is 0 Å². The van der Waals surface area contributed by atoms with E-state index < -0.39 is 70.0 Å². The molecule has 3 rings (SSSR count). The lowest BCUT2D eigenvalue weighted by Gasteiger charge is -2.43. The molecule has 0 unspecified atom stereocenters. The number of oxime groups is 2. The molecule has 24 heteroatoms. The Bertz CT molecular complexity index is 1610. The van der Waals surface area contributed by atoms with Crippen molar-refractivity contribution in [2.24, 2.45) is 10.3 Å². The van der Waals surface area contributed by atoms with E-state index in [0.29, 0.717) is 0 Å². The van der Waals surface area contributed by atoms with E-state index in [1.807, 2.05) is 0 Å². The summed E-state index contributed by atoms with van der Waals surface area (Å²) in [5.74, 6) is -5.40. The maximum atomic E-state index is 13.1. The quantitative estimate of drug-likeness (QED) is 0.0476. The third kappa shape index (κ3) is 8.35. The smallest absolute Gasteiger partial charge is 0.362 e. The van der Waals surface area contributed by atoms with Crippen LogP contribution >= 0.6 is 45.9 Å². The van der Waals surface area contributed by atoms with E-state index in [0.717, 1.165) is 36.9 Å². The van der Waals surface area contributed by atoms with Gasteiger partial charge in [-0.25, -0.2) is 19.1 Å². The Morgan fingerprint density at radius 3 is 1.95 bits per heavy atom. The first-order valence-electron chi connectivity index (χ1n) is 11.5. The van der Waals surface area contributed by atoms with Gasteiger partial charge in [0.25, 0.3) is 11.8 Å². The van der Waals surface area contributed by atoms with Crippen LogP contribution in [0, 0.1) is 0 Å². The topological polar surface area (TPSA) is 257 Å². The van der Waals surface area contributed by atoms with Crippen molar-refractivity contribution in [3.05, 3.63) is 22.1 Å². The number of halogens is 2. The largest absolute Gasteiger partial charge is 0.458 e. The van der Waals surface area contributed by atoms with E-state index in [2.05, 4.69) is 45.9 Å². The summed E-state index contributed by atoms with van der Waals surface area (Å²) in [7, 11) is -2.93. The minimum atomic E-state index is -5.16. The Labute approximate surface area is 265 Å². The number of alkyl halides is 2. The molecule has 0 aliphatic carbocycles. The highest BCUT2D eigenvalue weighted by atomic mass is 35.5. The Morgan fingerprint density at radius 2 is 1.48 bits per heavy atom. The summed E-state index contributed by atoms with van der Waals surface area (Å²) in [6.07, 6.45) is 0. The molecule has 4 N–H and O–H groups in total. The normalized spacial score (nSPS) is 16.9. The summed E-state index contributed by atoms with van der Waals surface area (Å²) < 4.78 is 38.4. The summed E-state index contributed by atoms with van der Waals surface area (Å²) in [4.78, 5) is 78.9. The lowest BCUT2D eigenvalue weighted by Crippen LogP contribution is -2.73. The molecule has 44 heavy (non-hydrogen) atoms. The molecule has 4 amide bonds. The first-order valence-corrected chi connectivity index (χ1v) is 15.7. The standard InChI is InChI=1S/C20H20Cl2N8O11S3/c1-39-28-13(8-6-42-19(23-8)25-11(31)3-21)16(33)27-15-10(30(17(15)34)44(36,37)38)5-41-18(35)14(29-40-2)9-7-43-20(24-9)26-12(32)4-22/h6-7,10,15H,3-5H2,1-2H3,(H,27,33)(H,23,25,31)(H,24,26,32)(H,36,37,38)/b28-13+,29-14+/t10-,15+/m1/s1. The lowest BCUT2D eigenvalue weighted by atomic mass is 9.99. The molecule has 0 aromatic carbocycles. The molecule has 238 valence electrons. The van der Waals surface area contributed by atoms with Crippen LogP contribution < -0.4 is 16.0 Å². The average Bonchev–Trinajstić information content (AvgIpc) is 3.63. The number of thiazole rings is 2. The number of nitrogens with zero attached hydrogens (tertiary/aromatic N) is 5. The van der Waals surface area contributed by atoms with Crippen LogP contribution in [0.15, 0.2) is 21.1 Å². The number of amides is 4. The molecular formula is C20H20Cl2N8O11S3. The van der Waals surface area contributed by atoms with Crippen molar-refractivity contribution in [1.29, 1.82) is 0 Å². The van der Waals surface area contributed by atoms with Crippen molar-refractivity contribution in [2.45, 2.75) is 12.1 Å². The second kappa shape index (κ2) is 15.2. The second-order valence-corrected chi connectivity index (χ2v) is 11.5. The van der Waals surface area contributed by atoms with Crippen molar-refractivity contribution in [1.82, 2.24) is 19.6 Å². The number of β-lactam (4-membered cyclic amide) rings is 1. The highest BCUT2D eigenvalue weighted by Gasteiger charge is 2.55. The first kappa shape index (κ1) is 34.5. The van der Waals surface area contributed by atoms with Gasteiger partial charge in [-0.3, -0.25) is 23.7 Å². The number of carbonyl (C=O) groups excluding carboxylic acids is 5. The Hall–Kier alpha value is -3.96. The number of rotatable bonds is 14. The molecular weight excluding hydrogens is 695 g/mol. The van der Waals surface area contributed by atoms with Gasteiger partial charge in [0, 0.05) is 10.8 Å². The van der Waals surface area contributed by atoms with Gasteiger partial charge in [-0.15, -0.1) is 45.9 Å². The Balaban J connectivity index is 1.78. The molecule has 19 nitrogen and oxygen atoms in total. The molecule has 0 saturated carbocycles. The fourth-order valence-corrected chi connectivity index (χ4v) is 5.75. The van der Waals surface area contributed by atoms with E-state index in [1.54, 1.807) is 0 Å². The van der Waals surface area contributed by atoms with Crippen LogP contribution in [0.4, 0.5) is 10.3 Å². The van der Waals surface area contributed by atoms with Gasteiger partial charge >= 0.3 is 16.3 Å². The molecule has 1 aliphatic rings. The summed E-state index contributed by atoms with van der Waals surface area (Å²) in [6.45, 7) is -0.875. The number of ether oxygens (including phenoxy) is 1. The molecule has 1 aliphatic heterocycles. The molecule has 0 spiro atoms. The zero-order chi connectivity index (χ0) is 32.6. The number of aromatic nitrogens is 2. The fourth-order valence-electron chi connectivity index (χ4n) is 3.32. The van der Waals surface area contributed by atoms with E-state index in [9.17, 15) is 36.9 Å². The van der Waals surface area contributed by atoms with E-state index in [-0.39, 0.29) is 37.7 Å². The van der Waals surface area contributed by atoms with E-state index in [4.69, 9.17) is 27.9 Å². The molecule has 1 fully saturated rings. The van der Waals surface area contributed by atoms with Crippen molar-refractivity contribution >= 4 is 107 Å². The number of hydrogen-bond donors (Lipinski definition) is 4. The average molecular weight is 716 g/mol. The van der Waals surface area contributed by atoms with Crippen molar-refractivity contribution < 1.29 is 51.4 Å². The SMILES string of the molecule is CO/N=C(/C(=O)N[C@@H]1C(=O)N(S(=O)(=O)O)[C@@H]1COC(=O)/C(=N/OC)c1csc(NC(=O)CCl)n1)c1csc(NC(=O)CCl)n1. The van der Waals surface area contributed by atoms with Crippen LogP contribution in [0.1, 0.15) is 11.4 Å². The van der Waals surface area contributed by atoms with Gasteiger partial charge < -0.3 is 30.4 Å². The molecule has 2 aromatic rings. The summed E-state index contributed by atoms with van der Waals surface area (Å²) in [5, 5.41) is 16.9. The number of anilines is 2. The van der Waals surface area contributed by atoms with Crippen LogP contribution in [0.2, 0.25) is 0 Å². The third-order valence-electron chi connectivity index (χ3n) is 5.09. The molecule has 1 saturated heterocycles.